The van der Waals surface area contributed by atoms with Crippen LogP contribution in [0, 0.1) is 0 Å². The second-order valence-electron chi connectivity index (χ2n) is 7.15. The van der Waals surface area contributed by atoms with Crippen LogP contribution in [0.15, 0.2) is 64.4 Å². The minimum Gasteiger partial charge on any atom is -0.320 e. The van der Waals surface area contributed by atoms with E-state index in [0.29, 0.717) is 46.9 Å². The number of fused-ring (bicyclic) bond motifs is 1. The summed E-state index contributed by atoms with van der Waals surface area (Å²) in [6.45, 7) is 4.73. The Morgan fingerprint density at radius 2 is 1.48 bits per heavy atom. The highest BCUT2D eigenvalue weighted by atomic mass is 35.5. The van der Waals surface area contributed by atoms with Gasteiger partial charge in [-0.05, 0) is 43.7 Å². The molecule has 0 aliphatic rings. The van der Waals surface area contributed by atoms with E-state index >= 15 is 0 Å². The summed E-state index contributed by atoms with van der Waals surface area (Å²) in [6, 6.07) is 14.0. The van der Waals surface area contributed by atoms with Crippen LogP contribution in [0.5, 0.6) is 0 Å². The summed E-state index contributed by atoms with van der Waals surface area (Å²) in [5, 5.41) is 0.579. The van der Waals surface area contributed by atoms with Gasteiger partial charge in [0.1, 0.15) is 0 Å². The largest absolute Gasteiger partial charge is 0.332 e. The van der Waals surface area contributed by atoms with E-state index < -0.39 is 0 Å². The number of imidazole rings is 1. The topological polar surface area (TPSA) is 78.9 Å². The van der Waals surface area contributed by atoms with Gasteiger partial charge in [-0.15, -0.1) is 0 Å². The van der Waals surface area contributed by atoms with Crippen molar-refractivity contribution in [3.05, 3.63) is 97.4 Å². The maximum atomic E-state index is 12.9. The number of nitrogens with zero attached hydrogens (tertiary/aromatic N) is 4. The van der Waals surface area contributed by atoms with E-state index in [4.69, 9.17) is 11.6 Å². The molecule has 0 N–H and O–H groups in total. The first kappa shape index (κ1) is 20.8. The second kappa shape index (κ2) is 8.35. The number of benzene rings is 2. The van der Waals surface area contributed by atoms with Gasteiger partial charge in [-0.1, -0.05) is 35.9 Å². The predicted molar refractivity (Wildman–Crippen MR) is 120 cm³/mol. The zero-order valence-electron chi connectivity index (χ0n) is 17.2. The molecule has 0 bridgehead atoms. The monoisotopic (exact) mass is 436 g/mol. The molecular weight excluding hydrogens is 416 g/mol. The van der Waals surface area contributed by atoms with E-state index in [2.05, 4.69) is 4.98 Å². The molecule has 0 amide bonds. The van der Waals surface area contributed by atoms with Crippen LogP contribution in [0.2, 0.25) is 5.02 Å². The molecule has 158 valence electrons. The molecule has 7 nitrogen and oxygen atoms in total. The number of hydrogen-bond acceptors (Lipinski definition) is 4. The molecule has 0 unspecified atom stereocenters. The third-order valence-electron chi connectivity index (χ3n) is 5.29. The maximum absolute atomic E-state index is 12.9. The van der Waals surface area contributed by atoms with Gasteiger partial charge in [0, 0.05) is 35.8 Å². The van der Waals surface area contributed by atoms with Gasteiger partial charge < -0.3 is 4.57 Å². The van der Waals surface area contributed by atoms with E-state index in [1.807, 2.05) is 19.1 Å². The molecule has 4 rings (SSSR count). The van der Waals surface area contributed by atoms with Gasteiger partial charge >= 0.3 is 5.69 Å². The van der Waals surface area contributed by atoms with Crippen LogP contribution in [-0.4, -0.2) is 24.5 Å². The fourth-order valence-corrected chi connectivity index (χ4v) is 3.77. The molecule has 4 aromatic rings. The summed E-state index contributed by atoms with van der Waals surface area (Å²) < 4.78 is 4.47. The van der Waals surface area contributed by atoms with Gasteiger partial charge in [-0.3, -0.25) is 18.7 Å². The molecule has 0 spiro atoms. The van der Waals surface area contributed by atoms with Crippen LogP contribution in [0.3, 0.4) is 0 Å². The van der Waals surface area contributed by atoms with Crippen molar-refractivity contribution >= 4 is 28.5 Å². The summed E-state index contributed by atoms with van der Waals surface area (Å²) in [5.41, 5.74) is 2.12. The van der Waals surface area contributed by atoms with Gasteiger partial charge in [0.15, 0.2) is 16.9 Å². The third-order valence-corrected chi connectivity index (χ3v) is 5.54. The number of hydrogen-bond donors (Lipinski definition) is 0. The van der Waals surface area contributed by atoms with Crippen LogP contribution >= 0.6 is 11.6 Å². The van der Waals surface area contributed by atoms with E-state index in [9.17, 15) is 14.4 Å². The highest BCUT2D eigenvalue weighted by molar-refractivity contribution is 6.30. The number of ketones is 1. The van der Waals surface area contributed by atoms with E-state index in [1.54, 1.807) is 54.2 Å². The molecule has 2 aromatic carbocycles. The highest BCUT2D eigenvalue weighted by Gasteiger charge is 2.17. The first-order chi connectivity index (χ1) is 14.9. The van der Waals surface area contributed by atoms with Crippen molar-refractivity contribution < 1.29 is 4.79 Å². The standard InChI is InChI=1S/C23H21ClN4O3/c1-3-27-21-19(22(30)28(4-2)23(27)31)26(14-25-21)13-15-5-7-16(8-6-15)20(29)17-9-11-18(24)12-10-17/h5-12,14H,3-4,13H2,1-2H3. The Balaban J connectivity index is 1.67. The number of rotatable bonds is 6. The Kier molecular flexibility index (Phi) is 5.61. The third kappa shape index (κ3) is 3.72. The second-order valence-corrected chi connectivity index (χ2v) is 7.59. The van der Waals surface area contributed by atoms with Gasteiger partial charge in [-0.25, -0.2) is 9.78 Å². The summed E-state index contributed by atoms with van der Waals surface area (Å²) >= 11 is 5.89. The fourth-order valence-electron chi connectivity index (χ4n) is 3.65. The van der Waals surface area contributed by atoms with Crippen molar-refractivity contribution in [3.8, 4) is 0 Å². The summed E-state index contributed by atoms with van der Waals surface area (Å²) in [7, 11) is 0. The molecule has 31 heavy (non-hydrogen) atoms. The zero-order valence-corrected chi connectivity index (χ0v) is 18.0. The van der Waals surface area contributed by atoms with Crippen molar-refractivity contribution in [2.75, 3.05) is 0 Å². The van der Waals surface area contributed by atoms with Crippen molar-refractivity contribution in [1.29, 1.82) is 0 Å². The van der Waals surface area contributed by atoms with Crippen LogP contribution in [0.1, 0.15) is 35.3 Å². The molecule has 0 aliphatic heterocycles. The molecule has 0 radical (unpaired) electrons. The van der Waals surface area contributed by atoms with E-state index in [1.165, 1.54) is 9.13 Å². The average molecular weight is 437 g/mol. The number of halogens is 1. The van der Waals surface area contributed by atoms with Crippen molar-refractivity contribution in [3.63, 3.8) is 0 Å². The first-order valence-electron chi connectivity index (χ1n) is 10.0. The van der Waals surface area contributed by atoms with Crippen molar-refractivity contribution in [2.45, 2.75) is 33.5 Å². The van der Waals surface area contributed by atoms with Gasteiger partial charge in [0.25, 0.3) is 5.56 Å². The van der Waals surface area contributed by atoms with Crippen LogP contribution in [0.4, 0.5) is 0 Å². The molecule has 2 aromatic heterocycles. The maximum Gasteiger partial charge on any atom is 0.332 e. The molecule has 0 aliphatic carbocycles. The Hall–Kier alpha value is -3.45. The Morgan fingerprint density at radius 1 is 0.903 bits per heavy atom. The Labute approximate surface area is 183 Å². The molecule has 2 heterocycles. The summed E-state index contributed by atoms with van der Waals surface area (Å²) in [5.74, 6) is -0.0888. The molecule has 0 fully saturated rings. The average Bonchev–Trinajstić information content (AvgIpc) is 3.18. The Morgan fingerprint density at radius 3 is 2.06 bits per heavy atom. The van der Waals surface area contributed by atoms with E-state index in [-0.39, 0.29) is 17.0 Å². The lowest BCUT2D eigenvalue weighted by Crippen LogP contribution is -2.40. The van der Waals surface area contributed by atoms with Gasteiger partial charge in [0.2, 0.25) is 0 Å². The minimum absolute atomic E-state index is 0.0888. The lowest BCUT2D eigenvalue weighted by molar-refractivity contribution is 0.103. The summed E-state index contributed by atoms with van der Waals surface area (Å²) in [4.78, 5) is 42.4. The van der Waals surface area contributed by atoms with Crippen LogP contribution in [0.25, 0.3) is 11.2 Å². The molecule has 0 saturated carbocycles. The lowest BCUT2D eigenvalue weighted by Gasteiger charge is -2.10. The molecule has 0 saturated heterocycles. The smallest absolute Gasteiger partial charge is 0.320 e. The van der Waals surface area contributed by atoms with Crippen molar-refractivity contribution in [1.82, 2.24) is 18.7 Å². The SMILES string of the molecule is CCn1c(=O)c2c(ncn2Cc2ccc(C(=O)c3ccc(Cl)cc3)cc2)n(CC)c1=O. The molecular formula is C23H21ClN4O3. The van der Waals surface area contributed by atoms with E-state index in [0.717, 1.165) is 5.56 Å². The Bertz CT molecular complexity index is 1380. The minimum atomic E-state index is -0.349. The number of aryl methyl sites for hydroxylation is 1. The van der Waals surface area contributed by atoms with Crippen molar-refractivity contribution in [2.24, 2.45) is 0 Å². The van der Waals surface area contributed by atoms with Gasteiger partial charge in [-0.2, -0.15) is 0 Å². The molecule has 0 atom stereocenters. The molecule has 8 heteroatoms. The van der Waals surface area contributed by atoms with Crippen LogP contribution < -0.4 is 11.2 Å². The fraction of sp³-hybridized carbons (Fsp3) is 0.217. The number of aromatic nitrogens is 4. The normalized spacial score (nSPS) is 11.2. The number of carbonyl (C=O) groups is 1. The van der Waals surface area contributed by atoms with Gasteiger partial charge in [0.05, 0.1) is 6.33 Å². The predicted octanol–water partition coefficient (Wildman–Crippen LogP) is 3.33. The summed E-state index contributed by atoms with van der Waals surface area (Å²) in [6.07, 6.45) is 1.57. The highest BCUT2D eigenvalue weighted by Crippen LogP contribution is 2.16. The number of carbonyl (C=O) groups excluding carboxylic acids is 1. The van der Waals surface area contributed by atoms with Crippen LogP contribution in [-0.2, 0) is 19.6 Å². The quantitative estimate of drug-likeness (QED) is 0.434. The zero-order chi connectivity index (χ0) is 22.1. The first-order valence-corrected chi connectivity index (χ1v) is 10.4. The lowest BCUT2D eigenvalue weighted by atomic mass is 10.0.